The maximum Gasteiger partial charge on any atom is 0.254 e. The molecule has 1 aromatic carbocycles. The third-order valence-electron chi connectivity index (χ3n) is 5.09. The number of aryl methyl sites for hydroxylation is 2. The number of aromatic amines is 1. The Labute approximate surface area is 146 Å². The van der Waals surface area contributed by atoms with E-state index in [0.717, 1.165) is 60.2 Å². The lowest BCUT2D eigenvalue weighted by molar-refractivity contribution is 0.0585. The maximum atomic E-state index is 13.3. The van der Waals surface area contributed by atoms with Crippen LogP contribution in [0.25, 0.3) is 10.9 Å². The minimum atomic E-state index is 0.0956. The van der Waals surface area contributed by atoms with Crippen LogP contribution in [-0.2, 0) is 6.54 Å². The first-order chi connectivity index (χ1) is 12.1. The molecule has 130 valence electrons. The van der Waals surface area contributed by atoms with Gasteiger partial charge in [0, 0.05) is 17.6 Å². The van der Waals surface area contributed by atoms with Crippen molar-refractivity contribution in [3.8, 4) is 0 Å². The predicted octanol–water partition coefficient (Wildman–Crippen LogP) is 3.07. The van der Waals surface area contributed by atoms with Crippen LogP contribution in [0.3, 0.4) is 0 Å². The molecule has 0 saturated carbocycles. The second kappa shape index (κ2) is 6.35. The Morgan fingerprint density at radius 2 is 2.20 bits per heavy atom. The first-order valence-electron chi connectivity index (χ1n) is 8.87. The number of aromatic nitrogens is 4. The fourth-order valence-electron chi connectivity index (χ4n) is 3.83. The Balaban J connectivity index is 1.63. The molecule has 0 bridgehead atoms. The highest BCUT2D eigenvalue weighted by Crippen LogP contribution is 2.24. The number of amides is 1. The van der Waals surface area contributed by atoms with Crippen LogP contribution in [0.2, 0.25) is 0 Å². The van der Waals surface area contributed by atoms with E-state index in [1.54, 1.807) is 6.20 Å². The van der Waals surface area contributed by atoms with Crippen LogP contribution in [0.4, 0.5) is 0 Å². The van der Waals surface area contributed by atoms with Crippen molar-refractivity contribution < 1.29 is 4.79 Å². The third kappa shape index (κ3) is 2.92. The number of piperidine rings is 1. The lowest BCUT2D eigenvalue weighted by Crippen LogP contribution is -2.46. The van der Waals surface area contributed by atoms with E-state index in [-0.39, 0.29) is 11.9 Å². The zero-order valence-electron chi connectivity index (χ0n) is 14.7. The molecule has 1 atom stereocenters. The molecule has 2 aromatic heterocycles. The Kier molecular flexibility index (Phi) is 4.03. The first kappa shape index (κ1) is 15.9. The molecule has 1 aliphatic rings. The lowest BCUT2D eigenvalue weighted by atomic mass is 9.99. The second-order valence-electron chi connectivity index (χ2n) is 6.89. The highest BCUT2D eigenvalue weighted by Gasteiger charge is 2.29. The van der Waals surface area contributed by atoms with Crippen LogP contribution in [0.1, 0.15) is 41.0 Å². The van der Waals surface area contributed by atoms with Crippen LogP contribution in [-0.4, -0.2) is 43.4 Å². The van der Waals surface area contributed by atoms with Crippen molar-refractivity contribution in [3.63, 3.8) is 0 Å². The molecule has 6 heteroatoms. The van der Waals surface area contributed by atoms with Gasteiger partial charge in [0.25, 0.3) is 5.91 Å². The average Bonchev–Trinajstić information content (AvgIpc) is 3.21. The fourth-order valence-corrected chi connectivity index (χ4v) is 3.83. The quantitative estimate of drug-likeness (QED) is 0.799. The van der Waals surface area contributed by atoms with Gasteiger partial charge in [0.2, 0.25) is 0 Å². The van der Waals surface area contributed by atoms with E-state index < -0.39 is 0 Å². The van der Waals surface area contributed by atoms with Gasteiger partial charge in [0.05, 0.1) is 35.6 Å². The number of fused-ring (bicyclic) bond motifs is 1. The van der Waals surface area contributed by atoms with Gasteiger partial charge < -0.3 is 4.90 Å². The summed E-state index contributed by atoms with van der Waals surface area (Å²) in [6, 6.07) is 8.02. The van der Waals surface area contributed by atoms with Crippen molar-refractivity contribution in [1.82, 2.24) is 24.9 Å². The van der Waals surface area contributed by atoms with Gasteiger partial charge in [-0.1, -0.05) is 6.07 Å². The van der Waals surface area contributed by atoms with Gasteiger partial charge in [0.15, 0.2) is 0 Å². The Morgan fingerprint density at radius 1 is 1.32 bits per heavy atom. The van der Waals surface area contributed by atoms with Crippen molar-refractivity contribution in [2.24, 2.45) is 0 Å². The van der Waals surface area contributed by atoms with Crippen LogP contribution in [0.15, 0.2) is 30.5 Å². The fraction of sp³-hybridized carbons (Fsp3) is 0.421. The van der Waals surface area contributed by atoms with Crippen molar-refractivity contribution in [1.29, 1.82) is 0 Å². The molecule has 3 aromatic rings. The lowest BCUT2D eigenvalue weighted by Gasteiger charge is -2.36. The van der Waals surface area contributed by atoms with Gasteiger partial charge in [-0.25, -0.2) is 0 Å². The normalized spacial score (nSPS) is 18.0. The van der Waals surface area contributed by atoms with Gasteiger partial charge in [0.1, 0.15) is 0 Å². The minimum absolute atomic E-state index is 0.0956. The van der Waals surface area contributed by atoms with E-state index in [2.05, 4.69) is 28.3 Å². The van der Waals surface area contributed by atoms with Gasteiger partial charge in [-0.15, -0.1) is 0 Å². The summed E-state index contributed by atoms with van der Waals surface area (Å²) in [4.78, 5) is 15.3. The molecule has 1 fully saturated rings. The summed E-state index contributed by atoms with van der Waals surface area (Å²) in [7, 11) is 0. The van der Waals surface area contributed by atoms with Gasteiger partial charge in [-0.3, -0.25) is 14.6 Å². The maximum absolute atomic E-state index is 13.3. The topological polar surface area (TPSA) is 66.8 Å². The summed E-state index contributed by atoms with van der Waals surface area (Å²) in [6.45, 7) is 5.64. The summed E-state index contributed by atoms with van der Waals surface area (Å²) >= 11 is 0. The highest BCUT2D eigenvalue weighted by molar-refractivity contribution is 6.06. The summed E-state index contributed by atoms with van der Waals surface area (Å²) in [5, 5.41) is 12.5. The molecule has 0 aliphatic carbocycles. The van der Waals surface area contributed by atoms with E-state index in [4.69, 9.17) is 0 Å². The number of carbonyl (C=O) groups excluding carboxylic acids is 1. The third-order valence-corrected chi connectivity index (χ3v) is 5.09. The summed E-state index contributed by atoms with van der Waals surface area (Å²) in [6.07, 6.45) is 4.97. The van der Waals surface area contributed by atoms with Crippen molar-refractivity contribution in [2.75, 3.05) is 6.54 Å². The molecular formula is C19H23N5O. The molecule has 1 aliphatic heterocycles. The van der Waals surface area contributed by atoms with Crippen molar-refractivity contribution in [2.45, 2.75) is 45.7 Å². The monoisotopic (exact) mass is 337 g/mol. The molecule has 6 nitrogen and oxygen atoms in total. The van der Waals surface area contributed by atoms with Gasteiger partial charge in [-0.05, 0) is 51.3 Å². The molecule has 0 unspecified atom stereocenters. The standard InChI is InChI=1S/C19H23N5O/c1-13-10-14(2)24(22-13)12-15-6-3-4-9-23(15)19(25)16-7-5-8-18-17(16)11-20-21-18/h5,7-8,10-11,15H,3-4,6,9,12H2,1-2H3,(H,20,21)/t15-/m1/s1. The zero-order chi connectivity index (χ0) is 17.4. The molecule has 1 amide bonds. The number of nitrogens with zero attached hydrogens (tertiary/aromatic N) is 4. The molecule has 25 heavy (non-hydrogen) atoms. The van der Waals surface area contributed by atoms with E-state index in [9.17, 15) is 4.79 Å². The number of likely N-dealkylation sites (tertiary alicyclic amines) is 1. The van der Waals surface area contributed by atoms with E-state index >= 15 is 0 Å². The Morgan fingerprint density at radius 3 is 3.00 bits per heavy atom. The summed E-state index contributed by atoms with van der Waals surface area (Å²) in [5.41, 5.74) is 3.80. The molecule has 1 saturated heterocycles. The number of benzene rings is 1. The highest BCUT2D eigenvalue weighted by atomic mass is 16.2. The number of hydrogen-bond donors (Lipinski definition) is 1. The molecule has 4 rings (SSSR count). The molecule has 0 spiro atoms. The molecule has 1 N–H and O–H groups in total. The summed E-state index contributed by atoms with van der Waals surface area (Å²) in [5.74, 6) is 0.0956. The Hall–Kier alpha value is -2.63. The molecule has 3 heterocycles. The van der Waals surface area contributed by atoms with Gasteiger partial charge in [-0.2, -0.15) is 10.2 Å². The van der Waals surface area contributed by atoms with Crippen LogP contribution >= 0.6 is 0 Å². The SMILES string of the molecule is Cc1cc(C)n(C[C@H]2CCCCN2C(=O)c2cccc3[nH]ncc23)n1. The largest absolute Gasteiger partial charge is 0.334 e. The van der Waals surface area contributed by atoms with E-state index in [1.165, 1.54) is 0 Å². The Bertz CT molecular complexity index is 910. The number of rotatable bonds is 3. The van der Waals surface area contributed by atoms with Crippen molar-refractivity contribution >= 4 is 16.8 Å². The van der Waals surface area contributed by atoms with Crippen molar-refractivity contribution in [3.05, 3.63) is 47.4 Å². The number of carbonyl (C=O) groups is 1. The first-order valence-corrected chi connectivity index (χ1v) is 8.87. The predicted molar refractivity (Wildman–Crippen MR) is 96.5 cm³/mol. The van der Waals surface area contributed by atoms with E-state index in [1.807, 2.05) is 34.7 Å². The smallest absolute Gasteiger partial charge is 0.254 e. The van der Waals surface area contributed by atoms with Crippen LogP contribution < -0.4 is 0 Å². The number of nitrogens with one attached hydrogen (secondary N) is 1. The van der Waals surface area contributed by atoms with E-state index in [0.29, 0.717) is 0 Å². The second-order valence-corrected chi connectivity index (χ2v) is 6.89. The van der Waals surface area contributed by atoms with Crippen LogP contribution in [0.5, 0.6) is 0 Å². The number of hydrogen-bond acceptors (Lipinski definition) is 3. The van der Waals surface area contributed by atoms with Crippen LogP contribution in [0, 0.1) is 13.8 Å². The summed E-state index contributed by atoms with van der Waals surface area (Å²) < 4.78 is 2.03. The average molecular weight is 337 g/mol. The number of H-pyrrole nitrogens is 1. The zero-order valence-corrected chi connectivity index (χ0v) is 14.7. The minimum Gasteiger partial charge on any atom is -0.334 e. The molecule has 0 radical (unpaired) electrons. The molecular weight excluding hydrogens is 314 g/mol. The van der Waals surface area contributed by atoms with Gasteiger partial charge >= 0.3 is 0 Å².